The van der Waals surface area contributed by atoms with Crippen molar-refractivity contribution in [2.45, 2.75) is 89.6 Å². The fourth-order valence-corrected chi connectivity index (χ4v) is 2.96. The Kier molecular flexibility index (Phi) is 6.26. The van der Waals surface area contributed by atoms with Crippen LogP contribution in [0.4, 0.5) is 0 Å². The molecule has 2 aliphatic rings. The van der Waals surface area contributed by atoms with Crippen molar-refractivity contribution in [2.75, 3.05) is 0 Å². The van der Waals surface area contributed by atoms with Crippen LogP contribution in [0.15, 0.2) is 17.3 Å². The van der Waals surface area contributed by atoms with Gasteiger partial charge in [-0.1, -0.05) is 49.9 Å². The molecule has 0 N–H and O–H groups in total. The molecule has 0 aromatic heterocycles. The van der Waals surface area contributed by atoms with Crippen LogP contribution in [0.5, 0.6) is 0 Å². The summed E-state index contributed by atoms with van der Waals surface area (Å²) in [5, 5.41) is 3.85. The molecule has 0 spiro atoms. The molecule has 124 valence electrons. The summed E-state index contributed by atoms with van der Waals surface area (Å²) < 4.78 is 17.3. The van der Waals surface area contributed by atoms with E-state index < -0.39 is 12.1 Å². The molecule has 2 rings (SSSR count). The second kappa shape index (κ2) is 7.97. The summed E-state index contributed by atoms with van der Waals surface area (Å²) in [6.45, 7) is 5.89. The van der Waals surface area contributed by atoms with Gasteiger partial charge in [-0.25, -0.2) is 0 Å². The summed E-state index contributed by atoms with van der Waals surface area (Å²) in [7, 11) is 0. The normalized spacial score (nSPS) is 33.0. The van der Waals surface area contributed by atoms with Gasteiger partial charge in [0, 0.05) is 4.91 Å². The lowest BCUT2D eigenvalue weighted by Gasteiger charge is -2.21. The average Bonchev–Trinajstić information content (AvgIpc) is 2.91. The van der Waals surface area contributed by atoms with Crippen LogP contribution in [-0.4, -0.2) is 30.3 Å². The number of fused-ring (bicyclic) bond motifs is 1. The highest BCUT2D eigenvalue weighted by Gasteiger charge is 2.53. The van der Waals surface area contributed by atoms with Gasteiger partial charge in [0.05, 0.1) is 12.1 Å². The predicted molar refractivity (Wildman–Crippen MR) is 84.1 cm³/mol. The first-order valence-corrected chi connectivity index (χ1v) is 8.29. The zero-order chi connectivity index (χ0) is 16.0. The minimum absolute atomic E-state index is 0.266. The van der Waals surface area contributed by atoms with E-state index in [0.717, 1.165) is 6.42 Å². The minimum Gasteiger partial charge on any atom is -0.342 e. The maximum atomic E-state index is 8.77. The van der Waals surface area contributed by atoms with Gasteiger partial charge in [-0.05, 0) is 32.2 Å². The van der Waals surface area contributed by atoms with E-state index in [9.17, 15) is 0 Å². The van der Waals surface area contributed by atoms with Crippen molar-refractivity contribution in [3.8, 4) is 0 Å². The Morgan fingerprint density at radius 2 is 1.95 bits per heavy atom. The quantitative estimate of drug-likeness (QED) is 0.218. The monoisotopic (exact) mass is 309 g/mol. The summed E-state index contributed by atoms with van der Waals surface area (Å²) in [5.41, 5.74) is 8.77. The van der Waals surface area contributed by atoms with Crippen LogP contribution >= 0.6 is 0 Å². The molecule has 2 saturated heterocycles. The van der Waals surface area contributed by atoms with Gasteiger partial charge in [-0.3, -0.25) is 0 Å². The molecule has 2 heterocycles. The van der Waals surface area contributed by atoms with Crippen LogP contribution in [0.1, 0.15) is 59.3 Å². The van der Waals surface area contributed by atoms with Crippen LogP contribution in [0.2, 0.25) is 0 Å². The van der Waals surface area contributed by atoms with Crippen molar-refractivity contribution in [3.05, 3.63) is 22.6 Å². The summed E-state index contributed by atoms with van der Waals surface area (Å²) in [6, 6.07) is -0.367. The Hall–Kier alpha value is -1.07. The fourth-order valence-electron chi connectivity index (χ4n) is 2.96. The van der Waals surface area contributed by atoms with Gasteiger partial charge in [-0.15, -0.1) is 0 Å². The highest BCUT2D eigenvalue weighted by molar-refractivity contribution is 5.06. The van der Waals surface area contributed by atoms with E-state index >= 15 is 0 Å². The maximum absolute atomic E-state index is 8.77. The highest BCUT2D eigenvalue weighted by atomic mass is 16.8. The molecular formula is C16H27N3O3. The molecule has 0 bridgehead atoms. The van der Waals surface area contributed by atoms with Crippen molar-refractivity contribution in [1.29, 1.82) is 0 Å². The SMILES string of the molecule is CCCCCCC/C=C/[C@H]1O[C@@H]2OC(C)(C)O[C@@H]2[C@@H]1N=[N+]=[N-]. The summed E-state index contributed by atoms with van der Waals surface area (Å²) >= 11 is 0. The van der Waals surface area contributed by atoms with E-state index in [2.05, 4.69) is 23.0 Å². The number of rotatable bonds is 8. The number of hydrogen-bond acceptors (Lipinski definition) is 4. The van der Waals surface area contributed by atoms with Crippen molar-refractivity contribution < 1.29 is 14.2 Å². The maximum Gasteiger partial charge on any atom is 0.188 e. The molecule has 0 aliphatic carbocycles. The molecule has 0 unspecified atom stereocenters. The molecule has 6 nitrogen and oxygen atoms in total. The number of allylic oxidation sites excluding steroid dienone is 1. The Labute approximate surface area is 132 Å². The zero-order valence-corrected chi connectivity index (χ0v) is 13.8. The van der Waals surface area contributed by atoms with Crippen LogP contribution in [0.25, 0.3) is 10.4 Å². The molecule has 0 saturated carbocycles. The number of unbranched alkanes of at least 4 members (excludes halogenated alkanes) is 5. The van der Waals surface area contributed by atoms with Gasteiger partial charge >= 0.3 is 0 Å². The Morgan fingerprint density at radius 1 is 1.18 bits per heavy atom. The smallest absolute Gasteiger partial charge is 0.188 e. The molecule has 4 atom stereocenters. The topological polar surface area (TPSA) is 76.5 Å². The van der Waals surface area contributed by atoms with Crippen LogP contribution in [-0.2, 0) is 14.2 Å². The largest absolute Gasteiger partial charge is 0.342 e. The Balaban J connectivity index is 1.82. The molecule has 0 amide bonds. The third-order valence-corrected chi connectivity index (χ3v) is 4.04. The lowest BCUT2D eigenvalue weighted by atomic mass is 10.1. The summed E-state index contributed by atoms with van der Waals surface area (Å²) in [4.78, 5) is 2.93. The van der Waals surface area contributed by atoms with Crippen molar-refractivity contribution >= 4 is 0 Å². The number of ether oxygens (including phenoxy) is 3. The minimum atomic E-state index is -0.688. The number of nitrogens with zero attached hydrogens (tertiary/aromatic N) is 3. The molecule has 0 aromatic carbocycles. The van der Waals surface area contributed by atoms with E-state index in [1.54, 1.807) is 0 Å². The highest BCUT2D eigenvalue weighted by Crippen LogP contribution is 2.39. The van der Waals surface area contributed by atoms with Gasteiger partial charge in [0.1, 0.15) is 6.10 Å². The predicted octanol–water partition coefficient (Wildman–Crippen LogP) is 4.46. The molecule has 0 radical (unpaired) electrons. The van der Waals surface area contributed by atoms with Gasteiger partial charge in [0.25, 0.3) is 0 Å². The third kappa shape index (κ3) is 4.46. The molecule has 6 heteroatoms. The zero-order valence-electron chi connectivity index (χ0n) is 13.8. The first-order chi connectivity index (χ1) is 10.6. The lowest BCUT2D eigenvalue weighted by Crippen LogP contribution is -2.32. The fraction of sp³-hybridized carbons (Fsp3) is 0.875. The number of hydrogen-bond donors (Lipinski definition) is 0. The van der Waals surface area contributed by atoms with Gasteiger partial charge in [0.2, 0.25) is 0 Å². The molecule has 0 aromatic rings. The molecule has 2 aliphatic heterocycles. The van der Waals surface area contributed by atoms with E-state index in [4.69, 9.17) is 19.7 Å². The third-order valence-electron chi connectivity index (χ3n) is 4.04. The Morgan fingerprint density at radius 3 is 2.68 bits per heavy atom. The van der Waals surface area contributed by atoms with Crippen molar-refractivity contribution in [2.24, 2.45) is 5.11 Å². The summed E-state index contributed by atoms with van der Waals surface area (Å²) in [5.74, 6) is -0.688. The van der Waals surface area contributed by atoms with Gasteiger partial charge in [-0.2, -0.15) is 0 Å². The molecule has 2 fully saturated rings. The second-order valence-electron chi connectivity index (χ2n) is 6.40. The average molecular weight is 309 g/mol. The van der Waals surface area contributed by atoms with Gasteiger partial charge < -0.3 is 14.2 Å². The van der Waals surface area contributed by atoms with Crippen LogP contribution in [0.3, 0.4) is 0 Å². The van der Waals surface area contributed by atoms with E-state index in [-0.39, 0.29) is 18.2 Å². The molecular weight excluding hydrogens is 282 g/mol. The van der Waals surface area contributed by atoms with Crippen LogP contribution in [0, 0.1) is 0 Å². The van der Waals surface area contributed by atoms with Crippen molar-refractivity contribution in [3.63, 3.8) is 0 Å². The Bertz CT molecular complexity index is 432. The van der Waals surface area contributed by atoms with Gasteiger partial charge in [0.15, 0.2) is 12.1 Å². The van der Waals surface area contributed by atoms with Crippen LogP contribution < -0.4 is 0 Å². The summed E-state index contributed by atoms with van der Waals surface area (Å²) in [6.07, 6.45) is 10.4. The van der Waals surface area contributed by atoms with E-state index in [0.29, 0.717) is 0 Å². The van der Waals surface area contributed by atoms with E-state index in [1.807, 2.05) is 19.9 Å². The van der Waals surface area contributed by atoms with Crippen molar-refractivity contribution in [1.82, 2.24) is 0 Å². The standard InChI is InChI=1S/C16H27N3O3/c1-4-5-6-7-8-9-10-11-12-13(18-19-17)14-15(20-12)22-16(2,3)21-14/h10-15H,4-9H2,1-3H3/b11-10+/t12-,13-,14-,15-/m1/s1. The molecule has 22 heavy (non-hydrogen) atoms. The first kappa shape index (κ1) is 17.3. The first-order valence-electron chi connectivity index (χ1n) is 8.29. The lowest BCUT2D eigenvalue weighted by molar-refractivity contribution is -0.201. The second-order valence-corrected chi connectivity index (χ2v) is 6.40. The number of azide groups is 1. The van der Waals surface area contributed by atoms with E-state index in [1.165, 1.54) is 32.1 Å².